The number of H-pyrrole nitrogens is 2. The Labute approximate surface area is 204 Å². The number of nitrogens with zero attached hydrogens (tertiary/aromatic N) is 2. The van der Waals surface area contributed by atoms with Crippen LogP contribution < -0.4 is 0 Å². The maximum absolute atomic E-state index is 10.6. The van der Waals surface area contributed by atoms with E-state index in [-0.39, 0.29) is 10.8 Å². The predicted octanol–water partition coefficient (Wildman–Crippen LogP) is 7.32. The van der Waals surface area contributed by atoms with E-state index in [1.165, 1.54) is 0 Å². The molecule has 0 radical (unpaired) electrons. The van der Waals surface area contributed by atoms with Crippen molar-refractivity contribution >= 4 is 22.2 Å². The molecule has 4 rings (SSSR count). The summed E-state index contributed by atoms with van der Waals surface area (Å²) in [4.78, 5) is 26.0. The molecular formula is C27H31BrN4O. The summed E-state index contributed by atoms with van der Waals surface area (Å²) in [6.45, 7) is 12.8. The van der Waals surface area contributed by atoms with Crippen molar-refractivity contribution in [3.63, 3.8) is 0 Å². The van der Waals surface area contributed by atoms with E-state index in [0.717, 1.165) is 44.9 Å². The Morgan fingerprint density at radius 3 is 1.42 bits per heavy atom. The van der Waals surface area contributed by atoms with E-state index in [0.29, 0.717) is 5.56 Å². The van der Waals surface area contributed by atoms with Crippen molar-refractivity contribution < 1.29 is 4.79 Å². The number of carbonyl (C=O) groups is 1. The summed E-state index contributed by atoms with van der Waals surface area (Å²) in [6, 6.07) is 15.7. The standard InChI is InChI=1S/C14H16N2O.C13H15BrN2/c1-14(2,3)13-15-8-12(16-13)11-6-4-10(9-17)5-7-11;1-13(2,3)12-15-8-11(16-12)9-4-6-10(14)7-5-9/h4-9H,1-3H3,(H,15,16);4-8H,1-3H3,(H,15,16). The van der Waals surface area contributed by atoms with Gasteiger partial charge in [0.25, 0.3) is 0 Å². The van der Waals surface area contributed by atoms with E-state index in [1.807, 2.05) is 36.7 Å². The van der Waals surface area contributed by atoms with E-state index in [4.69, 9.17) is 0 Å². The third-order valence-corrected chi connectivity index (χ3v) is 5.61. The molecule has 0 aliphatic rings. The van der Waals surface area contributed by atoms with Crippen LogP contribution in [0.15, 0.2) is 65.4 Å². The lowest BCUT2D eigenvalue weighted by molar-refractivity contribution is 0.112. The molecule has 0 atom stereocenters. The monoisotopic (exact) mass is 506 g/mol. The number of rotatable bonds is 3. The average molecular weight is 507 g/mol. The highest BCUT2D eigenvalue weighted by molar-refractivity contribution is 9.10. The minimum Gasteiger partial charge on any atom is -0.342 e. The third kappa shape index (κ3) is 6.51. The Hall–Kier alpha value is -2.99. The molecule has 0 unspecified atom stereocenters. The molecule has 6 heteroatoms. The van der Waals surface area contributed by atoms with E-state index in [9.17, 15) is 4.79 Å². The predicted molar refractivity (Wildman–Crippen MR) is 139 cm³/mol. The van der Waals surface area contributed by atoms with Crippen molar-refractivity contribution in [2.24, 2.45) is 0 Å². The van der Waals surface area contributed by atoms with Crippen LogP contribution in [0.25, 0.3) is 22.5 Å². The highest BCUT2D eigenvalue weighted by Gasteiger charge is 2.18. The quantitative estimate of drug-likeness (QED) is 0.285. The van der Waals surface area contributed by atoms with E-state index < -0.39 is 0 Å². The fourth-order valence-corrected chi connectivity index (χ4v) is 3.33. The van der Waals surface area contributed by atoms with Crippen LogP contribution in [0.2, 0.25) is 0 Å². The molecule has 0 fully saturated rings. The van der Waals surface area contributed by atoms with Crippen LogP contribution in [0, 0.1) is 0 Å². The SMILES string of the molecule is CC(C)(C)c1ncc(-c2ccc(Br)cc2)[nH]1.CC(C)(C)c1ncc(-c2ccc(C=O)cc2)[nH]1. The van der Waals surface area contributed by atoms with Crippen LogP contribution in [-0.2, 0) is 10.8 Å². The smallest absolute Gasteiger partial charge is 0.150 e. The zero-order valence-electron chi connectivity index (χ0n) is 20.0. The third-order valence-electron chi connectivity index (χ3n) is 5.09. The average Bonchev–Trinajstić information content (AvgIpc) is 3.45. The summed E-state index contributed by atoms with van der Waals surface area (Å²) in [5, 5.41) is 0. The Balaban J connectivity index is 0.000000186. The second-order valence-electron chi connectivity index (χ2n) is 10.0. The Morgan fingerprint density at radius 2 is 1.09 bits per heavy atom. The van der Waals surface area contributed by atoms with Crippen LogP contribution in [0.5, 0.6) is 0 Å². The molecule has 0 bridgehead atoms. The number of hydrogen-bond donors (Lipinski definition) is 2. The maximum atomic E-state index is 10.6. The van der Waals surface area contributed by atoms with Crippen molar-refractivity contribution in [3.8, 4) is 22.5 Å². The molecule has 2 aromatic heterocycles. The van der Waals surface area contributed by atoms with Gasteiger partial charge in [0.1, 0.15) is 17.9 Å². The first-order valence-corrected chi connectivity index (χ1v) is 11.7. The Morgan fingerprint density at radius 1 is 0.697 bits per heavy atom. The molecule has 0 saturated carbocycles. The number of carbonyl (C=O) groups excluding carboxylic acids is 1. The fraction of sp³-hybridized carbons (Fsp3) is 0.296. The highest BCUT2D eigenvalue weighted by Crippen LogP contribution is 2.25. The molecule has 33 heavy (non-hydrogen) atoms. The van der Waals surface area contributed by atoms with Gasteiger partial charge in [0.05, 0.1) is 23.8 Å². The van der Waals surface area contributed by atoms with Crippen LogP contribution in [-0.4, -0.2) is 26.2 Å². The maximum Gasteiger partial charge on any atom is 0.150 e. The van der Waals surface area contributed by atoms with Gasteiger partial charge in [-0.2, -0.15) is 0 Å². The Bertz CT molecular complexity index is 1190. The van der Waals surface area contributed by atoms with Gasteiger partial charge >= 0.3 is 0 Å². The zero-order valence-corrected chi connectivity index (χ0v) is 21.6. The van der Waals surface area contributed by atoms with Crippen molar-refractivity contribution in [2.45, 2.75) is 52.4 Å². The lowest BCUT2D eigenvalue weighted by atomic mass is 9.96. The van der Waals surface area contributed by atoms with Gasteiger partial charge in [-0.1, -0.05) is 93.9 Å². The van der Waals surface area contributed by atoms with Gasteiger partial charge in [-0.15, -0.1) is 0 Å². The minimum absolute atomic E-state index is 0.0149. The molecule has 172 valence electrons. The molecule has 4 aromatic rings. The van der Waals surface area contributed by atoms with E-state index in [1.54, 1.807) is 12.1 Å². The van der Waals surface area contributed by atoms with Gasteiger partial charge in [0, 0.05) is 20.9 Å². The number of benzene rings is 2. The van der Waals surface area contributed by atoms with E-state index >= 15 is 0 Å². The first-order valence-electron chi connectivity index (χ1n) is 10.9. The molecule has 0 saturated heterocycles. The normalized spacial score (nSPS) is 11.6. The summed E-state index contributed by atoms with van der Waals surface area (Å²) in [6.07, 6.45) is 4.57. The van der Waals surface area contributed by atoms with Gasteiger partial charge in [-0.25, -0.2) is 9.97 Å². The van der Waals surface area contributed by atoms with Crippen molar-refractivity contribution in [1.29, 1.82) is 0 Å². The van der Waals surface area contributed by atoms with Gasteiger partial charge in [-0.3, -0.25) is 4.79 Å². The summed E-state index contributed by atoms with van der Waals surface area (Å²) < 4.78 is 1.09. The topological polar surface area (TPSA) is 74.4 Å². The molecule has 5 nitrogen and oxygen atoms in total. The first-order chi connectivity index (χ1) is 15.5. The number of nitrogens with one attached hydrogen (secondary N) is 2. The minimum atomic E-state index is 0.0149. The second kappa shape index (κ2) is 9.87. The highest BCUT2D eigenvalue weighted by atomic mass is 79.9. The van der Waals surface area contributed by atoms with Crippen LogP contribution >= 0.6 is 15.9 Å². The molecule has 2 aromatic carbocycles. The number of aromatic amines is 2. The van der Waals surface area contributed by atoms with Gasteiger partial charge in [0.2, 0.25) is 0 Å². The van der Waals surface area contributed by atoms with Crippen molar-refractivity contribution in [2.75, 3.05) is 0 Å². The summed E-state index contributed by atoms with van der Waals surface area (Å²) in [7, 11) is 0. The largest absolute Gasteiger partial charge is 0.342 e. The summed E-state index contributed by atoms with van der Waals surface area (Å²) >= 11 is 3.43. The molecule has 0 aliphatic carbocycles. The summed E-state index contributed by atoms with van der Waals surface area (Å²) in [5.74, 6) is 1.98. The van der Waals surface area contributed by atoms with Gasteiger partial charge in [0.15, 0.2) is 0 Å². The van der Waals surface area contributed by atoms with Crippen LogP contribution in [0.4, 0.5) is 0 Å². The van der Waals surface area contributed by atoms with E-state index in [2.05, 4.69) is 89.5 Å². The molecule has 0 amide bonds. The summed E-state index contributed by atoms with van der Waals surface area (Å²) in [5.41, 5.74) is 5.01. The molecule has 0 spiro atoms. The number of aromatic nitrogens is 4. The molecular weight excluding hydrogens is 476 g/mol. The number of halogens is 1. The number of hydrogen-bond acceptors (Lipinski definition) is 3. The number of imidazole rings is 2. The fourth-order valence-electron chi connectivity index (χ4n) is 3.07. The Kier molecular flexibility index (Phi) is 7.38. The first kappa shape index (κ1) is 24.6. The van der Waals surface area contributed by atoms with Crippen molar-refractivity contribution in [3.05, 3.63) is 82.6 Å². The molecule has 0 aliphatic heterocycles. The second-order valence-corrected chi connectivity index (χ2v) is 11.0. The van der Waals surface area contributed by atoms with Crippen LogP contribution in [0.1, 0.15) is 63.5 Å². The lowest BCUT2D eigenvalue weighted by Crippen LogP contribution is -2.13. The zero-order chi connectivity index (χ0) is 24.2. The molecule has 2 heterocycles. The van der Waals surface area contributed by atoms with Gasteiger partial charge in [-0.05, 0) is 23.3 Å². The van der Waals surface area contributed by atoms with Crippen LogP contribution in [0.3, 0.4) is 0 Å². The lowest BCUT2D eigenvalue weighted by Gasteiger charge is -2.14. The molecule has 2 N–H and O–H groups in total. The number of aldehydes is 1. The van der Waals surface area contributed by atoms with Crippen molar-refractivity contribution in [1.82, 2.24) is 19.9 Å². The van der Waals surface area contributed by atoms with Gasteiger partial charge < -0.3 is 9.97 Å².